The Bertz CT molecular complexity index is 925. The average Bonchev–Trinajstić information content (AvgIpc) is 2.46. The number of nitrogens with one attached hydrogen (secondary N) is 1. The van der Waals surface area contributed by atoms with Gasteiger partial charge in [0.15, 0.2) is 0 Å². The van der Waals surface area contributed by atoms with Crippen molar-refractivity contribution >= 4 is 46.3 Å². The van der Waals surface area contributed by atoms with Gasteiger partial charge in [0, 0.05) is 0 Å². The van der Waals surface area contributed by atoms with Crippen molar-refractivity contribution in [3.8, 4) is 6.07 Å². The maximum absolute atomic E-state index is 12.7. The van der Waals surface area contributed by atoms with Crippen LogP contribution in [0.15, 0.2) is 22.0 Å². The molecule has 0 amide bonds. The fourth-order valence-corrected chi connectivity index (χ4v) is 3.29. The molecule has 0 aliphatic heterocycles. The SMILES string of the molecule is C=Bc1ccc(C)c2c(=O)c(C(C)=O)c(S(=O)CC#N)[nH]c12. The second kappa shape index (κ2) is 6.20. The molecule has 0 radical (unpaired) electrons. The van der Waals surface area contributed by atoms with Gasteiger partial charge < -0.3 is 0 Å². The van der Waals surface area contributed by atoms with E-state index in [-0.39, 0.29) is 16.3 Å². The van der Waals surface area contributed by atoms with E-state index in [1.807, 2.05) is 0 Å². The minimum absolute atomic E-state index is 0.000231. The number of nitrogens with zero attached hydrogens (tertiary/aromatic N) is 1. The first-order valence-corrected chi connectivity index (χ1v) is 7.82. The molecule has 1 aromatic heterocycles. The van der Waals surface area contributed by atoms with Crippen LogP contribution in [-0.2, 0) is 10.8 Å². The van der Waals surface area contributed by atoms with Crippen molar-refractivity contribution in [3.05, 3.63) is 33.5 Å². The molecule has 1 N–H and O–H groups in total. The monoisotopic (exact) mass is 312 g/mol. The van der Waals surface area contributed by atoms with E-state index < -0.39 is 22.0 Å². The first-order chi connectivity index (χ1) is 10.4. The number of benzene rings is 1. The van der Waals surface area contributed by atoms with E-state index in [2.05, 4.69) is 11.5 Å². The second-order valence-electron chi connectivity index (χ2n) is 4.79. The van der Waals surface area contributed by atoms with Gasteiger partial charge in [-0.15, -0.1) is 0 Å². The van der Waals surface area contributed by atoms with Gasteiger partial charge in [0.1, 0.15) is 0 Å². The number of aromatic nitrogens is 1. The Labute approximate surface area is 130 Å². The number of rotatable bonds is 4. The third-order valence-corrected chi connectivity index (χ3v) is 4.51. The number of carbonyl (C=O) groups excluding carboxylic acids is 1. The van der Waals surface area contributed by atoms with E-state index in [0.29, 0.717) is 21.9 Å². The van der Waals surface area contributed by atoms with E-state index in [0.717, 1.165) is 0 Å². The molecule has 22 heavy (non-hydrogen) atoms. The molecule has 0 bridgehead atoms. The number of carbonyl (C=O) groups is 1. The van der Waals surface area contributed by atoms with Crippen LogP contribution in [0.25, 0.3) is 10.9 Å². The molecule has 1 unspecified atom stereocenters. The van der Waals surface area contributed by atoms with Gasteiger partial charge in [0.05, 0.1) is 0 Å². The number of Topliss-reactive ketones (excluding diaryl/α,β-unsaturated/α-hetero) is 1. The summed E-state index contributed by atoms with van der Waals surface area (Å²) in [5.41, 5.74) is 1.24. The summed E-state index contributed by atoms with van der Waals surface area (Å²) in [6.45, 7) is 8.27. The van der Waals surface area contributed by atoms with Crippen LogP contribution in [-0.4, -0.2) is 34.1 Å². The average molecular weight is 312 g/mol. The van der Waals surface area contributed by atoms with Crippen molar-refractivity contribution in [2.24, 2.45) is 0 Å². The van der Waals surface area contributed by atoms with Gasteiger partial charge in [-0.1, -0.05) is 0 Å². The predicted octanol–water partition coefficient (Wildman–Crippen LogP) is 0.432. The molecular weight excluding hydrogens is 299 g/mol. The third kappa shape index (κ3) is 2.58. The number of aryl methyl sites for hydroxylation is 1. The number of hydrogen-bond acceptors (Lipinski definition) is 4. The molecule has 0 aliphatic carbocycles. The molecule has 2 aromatic rings. The fourth-order valence-electron chi connectivity index (χ4n) is 2.35. The summed E-state index contributed by atoms with van der Waals surface area (Å²) in [5, 5.41) is 9.09. The summed E-state index contributed by atoms with van der Waals surface area (Å²) in [6, 6.07) is 5.34. The van der Waals surface area contributed by atoms with Crippen LogP contribution in [0.4, 0.5) is 0 Å². The molecule has 0 fully saturated rings. The van der Waals surface area contributed by atoms with Crippen LogP contribution in [0.5, 0.6) is 0 Å². The Hall–Kier alpha value is -2.33. The van der Waals surface area contributed by atoms with E-state index >= 15 is 0 Å². The van der Waals surface area contributed by atoms with Crippen molar-refractivity contribution in [1.29, 1.82) is 5.26 Å². The van der Waals surface area contributed by atoms with Crippen LogP contribution in [0.3, 0.4) is 0 Å². The van der Waals surface area contributed by atoms with E-state index in [9.17, 15) is 13.8 Å². The predicted molar refractivity (Wildman–Crippen MR) is 88.7 cm³/mol. The number of H-pyrrole nitrogens is 1. The standard InChI is InChI=1S/C15H13BN2O3S/c1-8-4-5-10(16-3)13-11(8)14(20)12(9(2)19)15(18-13)22(21)7-6-17/h4-5H,3,7H2,1-2H3,(H,18,20). The molecule has 1 aromatic carbocycles. The van der Waals surface area contributed by atoms with E-state index in [4.69, 9.17) is 5.26 Å². The maximum atomic E-state index is 12.7. The molecule has 7 heteroatoms. The molecule has 1 atom stereocenters. The number of nitriles is 1. The topological polar surface area (TPSA) is 90.8 Å². The van der Waals surface area contributed by atoms with Gasteiger partial charge in [-0.05, 0) is 0 Å². The molecule has 0 saturated carbocycles. The summed E-state index contributed by atoms with van der Waals surface area (Å²) < 4.78 is 12.2. The molecular formula is C15H13BN2O3S. The molecule has 110 valence electrons. The van der Waals surface area contributed by atoms with Crippen molar-refractivity contribution < 1.29 is 9.00 Å². The Morgan fingerprint density at radius 2 is 2.18 bits per heavy atom. The van der Waals surface area contributed by atoms with E-state index in [1.165, 1.54) is 6.92 Å². The third-order valence-electron chi connectivity index (χ3n) is 3.36. The molecule has 0 saturated heterocycles. The molecule has 2 rings (SSSR count). The first-order valence-electron chi connectivity index (χ1n) is 6.50. The zero-order valence-corrected chi connectivity index (χ0v) is 13.0. The van der Waals surface area contributed by atoms with Gasteiger partial charge in [0.2, 0.25) is 0 Å². The van der Waals surface area contributed by atoms with Gasteiger partial charge >= 0.3 is 130 Å². The zero-order valence-electron chi connectivity index (χ0n) is 12.2. The number of pyridine rings is 1. The quantitative estimate of drug-likeness (QED) is 0.655. The van der Waals surface area contributed by atoms with Crippen molar-refractivity contribution in [1.82, 2.24) is 4.98 Å². The van der Waals surface area contributed by atoms with Gasteiger partial charge in [-0.25, -0.2) is 0 Å². The molecule has 5 nitrogen and oxygen atoms in total. The minimum atomic E-state index is -1.77. The van der Waals surface area contributed by atoms with Crippen molar-refractivity contribution in [3.63, 3.8) is 0 Å². The van der Waals surface area contributed by atoms with Gasteiger partial charge in [-0.3, -0.25) is 0 Å². The second-order valence-corrected chi connectivity index (χ2v) is 6.18. The van der Waals surface area contributed by atoms with Crippen molar-refractivity contribution in [2.75, 3.05) is 5.75 Å². The Morgan fingerprint density at radius 1 is 1.50 bits per heavy atom. The van der Waals surface area contributed by atoms with Gasteiger partial charge in [0.25, 0.3) is 0 Å². The number of fused-ring (bicyclic) bond motifs is 1. The van der Waals surface area contributed by atoms with Crippen LogP contribution < -0.4 is 10.9 Å². The van der Waals surface area contributed by atoms with Gasteiger partial charge in [-0.2, -0.15) is 0 Å². The van der Waals surface area contributed by atoms with Crippen LogP contribution in [0, 0.1) is 18.3 Å². The Kier molecular flexibility index (Phi) is 4.52. The van der Waals surface area contributed by atoms with Crippen LogP contribution in [0.1, 0.15) is 22.8 Å². The molecule has 0 aliphatic rings. The first kappa shape index (κ1) is 16.1. The number of hydrogen-bond donors (Lipinski definition) is 1. The number of ketones is 1. The fraction of sp³-hybridized carbons (Fsp3) is 0.200. The van der Waals surface area contributed by atoms with Crippen LogP contribution in [0.2, 0.25) is 0 Å². The molecule has 1 heterocycles. The summed E-state index contributed by atoms with van der Waals surface area (Å²) in [4.78, 5) is 27.5. The zero-order chi connectivity index (χ0) is 16.4. The number of aromatic amines is 1. The summed E-state index contributed by atoms with van der Waals surface area (Å²) >= 11 is 0. The van der Waals surface area contributed by atoms with E-state index in [1.54, 1.807) is 32.0 Å². The Balaban J connectivity index is 3.03. The normalized spacial score (nSPS) is 11.7. The summed E-state index contributed by atoms with van der Waals surface area (Å²) in [5.74, 6) is -0.774. The molecule has 0 spiro atoms. The summed E-state index contributed by atoms with van der Waals surface area (Å²) in [6.07, 6.45) is 0. The Morgan fingerprint density at radius 3 is 2.73 bits per heavy atom. The van der Waals surface area contributed by atoms with Crippen LogP contribution >= 0.6 is 0 Å². The summed E-state index contributed by atoms with van der Waals surface area (Å²) in [7, 11) is -1.77. The van der Waals surface area contributed by atoms with Crippen molar-refractivity contribution in [2.45, 2.75) is 18.9 Å².